The first-order valence-corrected chi connectivity index (χ1v) is 17.3. The van der Waals surface area contributed by atoms with Crippen LogP contribution in [0.25, 0.3) is 32.9 Å². The average molecular weight is 631 g/mol. The second-order valence-electron chi connectivity index (χ2n) is 13.0. The number of hydrogen-bond donors (Lipinski definition) is 0. The van der Waals surface area contributed by atoms with E-state index in [4.69, 9.17) is 14.2 Å². The quantitative estimate of drug-likeness (QED) is 0.122. The second-order valence-corrected chi connectivity index (χ2v) is 13.0. The summed E-state index contributed by atoms with van der Waals surface area (Å²) in [5, 5.41) is 2.39. The van der Waals surface area contributed by atoms with Gasteiger partial charge >= 0.3 is 6.09 Å². The maximum absolute atomic E-state index is 12.0. The number of carbonyl (C=O) groups is 1. The molecule has 0 bridgehead atoms. The lowest BCUT2D eigenvalue weighted by Gasteiger charge is -2.39. The molecule has 4 heterocycles. The van der Waals surface area contributed by atoms with Crippen LogP contribution in [-0.4, -0.2) is 64.0 Å². The monoisotopic (exact) mass is 630 g/mol. The Kier molecular flexibility index (Phi) is 13.3. The summed E-state index contributed by atoms with van der Waals surface area (Å²) >= 11 is 0. The van der Waals surface area contributed by atoms with Gasteiger partial charge in [0, 0.05) is 79.9 Å². The first-order valence-electron chi connectivity index (χ1n) is 17.3. The molecule has 3 aromatic heterocycles. The molecule has 5 rings (SSSR count). The van der Waals surface area contributed by atoms with E-state index in [-0.39, 0.29) is 6.09 Å². The predicted molar refractivity (Wildman–Crippen MR) is 187 cm³/mol. The van der Waals surface area contributed by atoms with Gasteiger partial charge in [-0.15, -0.1) is 0 Å². The van der Waals surface area contributed by atoms with Crippen LogP contribution in [0.1, 0.15) is 86.0 Å². The second kappa shape index (κ2) is 17.3. The molecule has 0 unspecified atom stereocenters. The van der Waals surface area contributed by atoms with Crippen molar-refractivity contribution >= 4 is 27.9 Å². The van der Waals surface area contributed by atoms with Crippen molar-refractivity contribution in [1.82, 2.24) is 19.4 Å². The maximum Gasteiger partial charge on any atom is 0.410 e. The summed E-state index contributed by atoms with van der Waals surface area (Å²) in [5.41, 5.74) is 4.16. The minimum Gasteiger partial charge on any atom is -0.478 e. The molecule has 0 spiro atoms. The highest BCUT2D eigenvalue weighted by Gasteiger charge is 2.33. The zero-order valence-corrected chi connectivity index (χ0v) is 28.9. The number of benzene rings is 1. The number of unbranched alkanes of at least 4 members (excludes halogenated alkanes) is 5. The SMILES string of the molecule is CC.Cn1c2ccncc2c2ccc(-c3ccc(OCCCCCOCCCCCCC4CN(C(=O)OC(C)(C)C)C4)nc3)cc21. The number of likely N-dealkylation sites (tertiary alicyclic amines) is 1. The van der Waals surface area contributed by atoms with Crippen LogP contribution >= 0.6 is 0 Å². The molecule has 8 nitrogen and oxygen atoms in total. The van der Waals surface area contributed by atoms with Crippen molar-refractivity contribution in [1.29, 1.82) is 0 Å². The van der Waals surface area contributed by atoms with Crippen LogP contribution in [0.5, 0.6) is 5.88 Å². The van der Waals surface area contributed by atoms with Gasteiger partial charge < -0.3 is 23.7 Å². The first-order chi connectivity index (χ1) is 22.3. The Balaban J connectivity index is 0.00000235. The van der Waals surface area contributed by atoms with Crippen LogP contribution in [0, 0.1) is 5.92 Å². The number of ether oxygens (including phenoxy) is 3. The third-order valence-electron chi connectivity index (χ3n) is 8.32. The minimum atomic E-state index is -0.416. The molecule has 46 heavy (non-hydrogen) atoms. The topological polar surface area (TPSA) is 78.7 Å². The van der Waals surface area contributed by atoms with Gasteiger partial charge in [0.2, 0.25) is 5.88 Å². The van der Waals surface area contributed by atoms with Crippen molar-refractivity contribution in [3.8, 4) is 17.0 Å². The van der Waals surface area contributed by atoms with Gasteiger partial charge in [0.15, 0.2) is 0 Å². The van der Waals surface area contributed by atoms with Gasteiger partial charge in [-0.25, -0.2) is 9.78 Å². The molecule has 4 aromatic rings. The Morgan fingerprint density at radius 2 is 1.52 bits per heavy atom. The normalized spacial score (nSPS) is 13.4. The van der Waals surface area contributed by atoms with E-state index in [1.54, 1.807) is 0 Å². The van der Waals surface area contributed by atoms with Crippen molar-refractivity contribution in [2.24, 2.45) is 13.0 Å². The van der Waals surface area contributed by atoms with Gasteiger partial charge in [-0.1, -0.05) is 45.2 Å². The third kappa shape index (κ3) is 9.92. The smallest absolute Gasteiger partial charge is 0.410 e. The molecular weight excluding hydrogens is 576 g/mol. The predicted octanol–water partition coefficient (Wildman–Crippen LogP) is 9.20. The summed E-state index contributed by atoms with van der Waals surface area (Å²) in [5.74, 6) is 1.30. The highest BCUT2D eigenvalue weighted by atomic mass is 16.6. The zero-order chi connectivity index (χ0) is 32.9. The maximum atomic E-state index is 12.0. The Hall–Kier alpha value is -3.65. The van der Waals surface area contributed by atoms with E-state index in [0.29, 0.717) is 18.4 Å². The van der Waals surface area contributed by atoms with E-state index < -0.39 is 5.60 Å². The van der Waals surface area contributed by atoms with Crippen molar-refractivity contribution in [3.05, 3.63) is 55.0 Å². The van der Waals surface area contributed by atoms with Gasteiger partial charge in [0.1, 0.15) is 5.60 Å². The standard InChI is InChI=1S/C36H48N4O4.C2H6/c1-36(2,3)44-35(41)40-25-27(26-40)12-8-5-6-9-19-42-20-10-7-11-21-43-34-16-14-29(23-38-34)28-13-15-30-31-24-37-18-17-32(31)39(4)33(30)22-28;1-2/h13-18,22-24,27H,5-12,19-21,25-26H2,1-4H3;1-2H3. The fraction of sp³-hybridized carbons (Fsp3) is 0.553. The Labute approximate surface area is 275 Å². The molecule has 1 amide bonds. The van der Waals surface area contributed by atoms with E-state index in [1.165, 1.54) is 47.5 Å². The molecule has 0 aliphatic carbocycles. The van der Waals surface area contributed by atoms with Gasteiger partial charge in [-0.05, 0) is 82.6 Å². The fourth-order valence-electron chi connectivity index (χ4n) is 5.85. The number of aryl methyl sites for hydroxylation is 1. The van der Waals surface area contributed by atoms with Gasteiger partial charge in [-0.3, -0.25) is 4.98 Å². The number of carbonyl (C=O) groups excluding carboxylic acids is 1. The number of hydrogen-bond acceptors (Lipinski definition) is 6. The Morgan fingerprint density at radius 1 is 0.826 bits per heavy atom. The first kappa shape index (κ1) is 35.2. The number of nitrogens with zero attached hydrogens (tertiary/aromatic N) is 4. The van der Waals surface area contributed by atoms with E-state index >= 15 is 0 Å². The van der Waals surface area contributed by atoms with Gasteiger partial charge in [-0.2, -0.15) is 0 Å². The molecule has 250 valence electrons. The van der Waals surface area contributed by atoms with Crippen LogP contribution in [0.2, 0.25) is 0 Å². The van der Waals surface area contributed by atoms with Crippen molar-refractivity contribution in [2.75, 3.05) is 32.9 Å². The summed E-state index contributed by atoms with van der Waals surface area (Å²) < 4.78 is 19.4. The number of pyridine rings is 2. The van der Waals surface area contributed by atoms with Crippen molar-refractivity contribution in [3.63, 3.8) is 0 Å². The molecule has 8 heteroatoms. The lowest BCUT2D eigenvalue weighted by molar-refractivity contribution is -0.00245. The van der Waals surface area contributed by atoms with Crippen LogP contribution in [0.4, 0.5) is 4.79 Å². The summed E-state index contributed by atoms with van der Waals surface area (Å²) in [7, 11) is 2.10. The number of rotatable bonds is 15. The number of amides is 1. The van der Waals surface area contributed by atoms with Crippen LogP contribution < -0.4 is 4.74 Å². The molecule has 0 N–H and O–H groups in total. The lowest BCUT2D eigenvalue weighted by Crippen LogP contribution is -2.51. The molecule has 0 atom stereocenters. The molecule has 1 saturated heterocycles. The number of aromatic nitrogens is 3. The molecule has 0 saturated carbocycles. The molecular formula is C38H54N4O4. The van der Waals surface area contributed by atoms with E-state index in [1.807, 2.05) is 64.2 Å². The summed E-state index contributed by atoms with van der Waals surface area (Å²) in [6.07, 6.45) is 14.6. The third-order valence-corrected chi connectivity index (χ3v) is 8.32. The van der Waals surface area contributed by atoms with Gasteiger partial charge in [0.05, 0.1) is 12.1 Å². The van der Waals surface area contributed by atoms with Crippen LogP contribution in [0.15, 0.2) is 55.0 Å². The van der Waals surface area contributed by atoms with Crippen molar-refractivity contribution in [2.45, 2.75) is 91.6 Å². The van der Waals surface area contributed by atoms with E-state index in [9.17, 15) is 4.79 Å². The lowest BCUT2D eigenvalue weighted by atomic mass is 9.94. The Bertz CT molecular complexity index is 1500. The fourth-order valence-corrected chi connectivity index (χ4v) is 5.85. The van der Waals surface area contributed by atoms with E-state index in [0.717, 1.165) is 63.1 Å². The summed E-state index contributed by atoms with van der Waals surface area (Å²) in [6, 6.07) is 12.6. The molecule has 1 aromatic carbocycles. The van der Waals surface area contributed by atoms with Crippen molar-refractivity contribution < 1.29 is 19.0 Å². The van der Waals surface area contributed by atoms with Crippen LogP contribution in [0.3, 0.4) is 0 Å². The van der Waals surface area contributed by atoms with E-state index in [2.05, 4.69) is 51.9 Å². The average Bonchev–Trinajstić information content (AvgIpc) is 3.31. The molecule has 1 fully saturated rings. The molecule has 0 radical (unpaired) electrons. The largest absolute Gasteiger partial charge is 0.478 e. The highest BCUT2D eigenvalue weighted by Crippen LogP contribution is 2.31. The highest BCUT2D eigenvalue weighted by molar-refractivity contribution is 6.08. The Morgan fingerprint density at radius 3 is 2.24 bits per heavy atom. The minimum absolute atomic E-state index is 0.175. The molecule has 1 aliphatic heterocycles. The van der Waals surface area contributed by atoms with Crippen LogP contribution in [-0.2, 0) is 16.5 Å². The number of fused-ring (bicyclic) bond motifs is 3. The van der Waals surface area contributed by atoms with Gasteiger partial charge in [0.25, 0.3) is 0 Å². The molecule has 1 aliphatic rings. The zero-order valence-electron chi connectivity index (χ0n) is 28.9. The summed E-state index contributed by atoms with van der Waals surface area (Å²) in [4.78, 5) is 22.7. The summed E-state index contributed by atoms with van der Waals surface area (Å²) in [6.45, 7) is 13.7.